The summed E-state index contributed by atoms with van der Waals surface area (Å²) in [5.74, 6) is -2.86. The van der Waals surface area contributed by atoms with Crippen LogP contribution in [0, 0.1) is 11.8 Å². The van der Waals surface area contributed by atoms with E-state index in [1.807, 2.05) is 30.3 Å². The number of aliphatic hydroxyl groups excluding tert-OH is 1. The van der Waals surface area contributed by atoms with Gasteiger partial charge in [0.05, 0.1) is 24.0 Å². The van der Waals surface area contributed by atoms with Gasteiger partial charge in [0, 0.05) is 32.7 Å². The second-order valence-electron chi connectivity index (χ2n) is 13.1. The number of rotatable bonds is 20. The van der Waals surface area contributed by atoms with E-state index < -0.39 is 47.7 Å². The molecule has 0 aliphatic carbocycles. The number of unbranched alkanes of at least 4 members (excludes halogenated alkanes) is 4. The highest BCUT2D eigenvalue weighted by Crippen LogP contribution is 2.59. The molecule has 10 nitrogen and oxygen atoms in total. The van der Waals surface area contributed by atoms with Crippen LogP contribution >= 0.6 is 0 Å². The first-order valence-electron chi connectivity index (χ1n) is 17.4. The first-order valence-corrected chi connectivity index (χ1v) is 17.4. The van der Waals surface area contributed by atoms with E-state index in [4.69, 9.17) is 9.47 Å². The minimum atomic E-state index is -1.12. The molecule has 7 atom stereocenters. The summed E-state index contributed by atoms with van der Waals surface area (Å²) in [6, 6.07) is 7.88. The molecule has 258 valence electrons. The molecule has 3 amide bonds. The van der Waals surface area contributed by atoms with Gasteiger partial charge in [-0.2, -0.15) is 0 Å². The highest BCUT2D eigenvalue weighted by molar-refractivity contribution is 5.98. The number of aliphatic hydroxyl groups is 1. The molecule has 47 heavy (non-hydrogen) atoms. The number of hydrogen-bond acceptors (Lipinski definition) is 7. The first-order chi connectivity index (χ1) is 22.7. The zero-order valence-corrected chi connectivity index (χ0v) is 28.1. The smallest absolute Gasteiger partial charge is 0.313 e. The van der Waals surface area contributed by atoms with E-state index in [-0.39, 0.29) is 30.7 Å². The lowest BCUT2D eigenvalue weighted by Gasteiger charge is -2.37. The van der Waals surface area contributed by atoms with E-state index in [0.29, 0.717) is 51.7 Å². The molecule has 3 heterocycles. The molecule has 2 N–H and O–H groups in total. The predicted molar refractivity (Wildman–Crippen MR) is 179 cm³/mol. The quantitative estimate of drug-likeness (QED) is 0.121. The second kappa shape index (κ2) is 17.1. The topological polar surface area (TPSA) is 125 Å². The molecule has 3 aliphatic rings. The summed E-state index contributed by atoms with van der Waals surface area (Å²) < 4.78 is 12.9. The van der Waals surface area contributed by atoms with Gasteiger partial charge in [-0.25, -0.2) is 0 Å². The number of amides is 3. The van der Waals surface area contributed by atoms with Gasteiger partial charge in [0.1, 0.15) is 17.7 Å². The number of allylic oxidation sites excluding steroid dienone is 1. The van der Waals surface area contributed by atoms with Gasteiger partial charge in [0.2, 0.25) is 17.7 Å². The Morgan fingerprint density at radius 3 is 2.57 bits per heavy atom. The Labute approximate surface area is 279 Å². The van der Waals surface area contributed by atoms with Crippen LogP contribution in [0.15, 0.2) is 55.6 Å². The van der Waals surface area contributed by atoms with Crippen LogP contribution in [-0.4, -0.2) is 88.6 Å². The van der Waals surface area contributed by atoms with E-state index in [2.05, 4.69) is 25.4 Å². The largest absolute Gasteiger partial charge is 0.455 e. The number of nitrogens with zero attached hydrogens (tertiary/aromatic N) is 2. The highest BCUT2D eigenvalue weighted by atomic mass is 16.6. The van der Waals surface area contributed by atoms with E-state index in [1.165, 1.54) is 0 Å². The molecule has 0 saturated carbocycles. The summed E-state index contributed by atoms with van der Waals surface area (Å²) in [4.78, 5) is 59.0. The van der Waals surface area contributed by atoms with Crippen molar-refractivity contribution in [2.75, 3.05) is 26.2 Å². The van der Waals surface area contributed by atoms with Gasteiger partial charge in [-0.15, -0.1) is 13.2 Å². The number of hydrogen-bond donors (Lipinski definition) is 2. The Bertz CT molecular complexity index is 1260. The standard InChI is InChI=1S/C37H53N3O7/c1-5-8-19-29(42)38-26(4)32(27-17-13-12-14-18-27)46-36(45)30-28-20-21-37(47-28)31(30)34(43)40(24-15-10-11-16-25-41)33(37)35(44)39(22-7-3)23-9-6-2/h5,7,12-14,17-18,26,28,30-33,41H,1,3,6,8-11,15-16,19-25H2,2,4H3,(H,38,42)/t26-,28+,30-,31-,32-,33+,37-/m1/s1. The minimum absolute atomic E-state index is 0.114. The number of nitrogens with one attached hydrogen (secondary N) is 1. The Balaban J connectivity index is 1.63. The predicted octanol–water partition coefficient (Wildman–Crippen LogP) is 4.48. The van der Waals surface area contributed by atoms with Gasteiger partial charge in [0.25, 0.3) is 0 Å². The van der Waals surface area contributed by atoms with E-state index >= 15 is 0 Å². The molecule has 1 spiro atoms. The molecule has 0 aromatic heterocycles. The molecule has 0 radical (unpaired) electrons. The van der Waals surface area contributed by atoms with Gasteiger partial charge < -0.3 is 29.7 Å². The summed E-state index contributed by atoms with van der Waals surface area (Å²) >= 11 is 0. The molecule has 0 unspecified atom stereocenters. The van der Waals surface area contributed by atoms with Gasteiger partial charge in [-0.3, -0.25) is 19.2 Å². The molecule has 3 saturated heterocycles. The van der Waals surface area contributed by atoms with Crippen molar-refractivity contribution in [1.82, 2.24) is 15.1 Å². The third-order valence-corrected chi connectivity index (χ3v) is 9.85. The van der Waals surface area contributed by atoms with Crippen LogP contribution in [0.1, 0.15) is 89.7 Å². The SMILES string of the molecule is C=CCCC(=O)N[C@H](C)[C@@H](OC(=O)[C@@H]1[C@@H]2CC[C@]3(O2)[C@H](C(=O)N(CC=C)CCCC)N(CCCCCCO)C(=O)[C@@H]13)c1ccccc1. The van der Waals surface area contributed by atoms with Crippen LogP contribution in [0.4, 0.5) is 0 Å². The molecule has 10 heteroatoms. The Morgan fingerprint density at radius 2 is 1.89 bits per heavy atom. The number of likely N-dealkylation sites (tertiary alicyclic amines) is 1. The number of esters is 1. The maximum atomic E-state index is 14.4. The fourth-order valence-electron chi connectivity index (χ4n) is 7.60. The zero-order valence-electron chi connectivity index (χ0n) is 28.1. The maximum absolute atomic E-state index is 14.4. The molecule has 1 aromatic carbocycles. The molecular formula is C37H53N3O7. The number of benzene rings is 1. The van der Waals surface area contributed by atoms with Crippen LogP contribution in [-0.2, 0) is 28.7 Å². The Morgan fingerprint density at radius 1 is 1.15 bits per heavy atom. The Hall–Kier alpha value is -3.50. The van der Waals surface area contributed by atoms with Crippen molar-refractivity contribution in [3.63, 3.8) is 0 Å². The van der Waals surface area contributed by atoms with Crippen LogP contribution in [0.5, 0.6) is 0 Å². The molecular weight excluding hydrogens is 598 g/mol. The molecule has 2 bridgehead atoms. The number of fused-ring (bicyclic) bond motifs is 1. The summed E-state index contributed by atoms with van der Waals surface area (Å²) in [6.07, 6.45) is 8.60. The average Bonchev–Trinajstić information content (AvgIpc) is 3.71. The van der Waals surface area contributed by atoms with Gasteiger partial charge in [-0.05, 0) is 51.0 Å². The average molecular weight is 652 g/mol. The number of carbonyl (C=O) groups is 4. The van der Waals surface area contributed by atoms with Crippen LogP contribution in [0.2, 0.25) is 0 Å². The third kappa shape index (κ3) is 7.97. The lowest BCUT2D eigenvalue weighted by Crippen LogP contribution is -2.56. The zero-order chi connectivity index (χ0) is 34.0. The first kappa shape index (κ1) is 36.3. The fourth-order valence-corrected chi connectivity index (χ4v) is 7.60. The van der Waals surface area contributed by atoms with Crippen LogP contribution in [0.3, 0.4) is 0 Å². The minimum Gasteiger partial charge on any atom is -0.455 e. The van der Waals surface area contributed by atoms with Crippen LogP contribution in [0.25, 0.3) is 0 Å². The van der Waals surface area contributed by atoms with E-state index in [0.717, 1.165) is 31.2 Å². The van der Waals surface area contributed by atoms with Gasteiger partial charge in [0.15, 0.2) is 0 Å². The number of carbonyl (C=O) groups excluding carboxylic acids is 4. The molecule has 1 aromatic rings. The van der Waals surface area contributed by atoms with Crippen molar-refractivity contribution in [2.24, 2.45) is 11.8 Å². The van der Waals surface area contributed by atoms with Crippen molar-refractivity contribution in [3.05, 3.63) is 61.2 Å². The highest BCUT2D eigenvalue weighted by Gasteiger charge is 2.75. The lowest BCUT2D eigenvalue weighted by molar-refractivity contribution is -0.162. The Kier molecular flexibility index (Phi) is 13.2. The number of ether oxygens (including phenoxy) is 2. The lowest BCUT2D eigenvalue weighted by atomic mass is 9.70. The van der Waals surface area contributed by atoms with Crippen LogP contribution < -0.4 is 5.32 Å². The summed E-state index contributed by atoms with van der Waals surface area (Å²) in [6.45, 7) is 12.8. The van der Waals surface area contributed by atoms with Crippen molar-refractivity contribution in [3.8, 4) is 0 Å². The monoisotopic (exact) mass is 651 g/mol. The second-order valence-corrected chi connectivity index (χ2v) is 13.1. The third-order valence-electron chi connectivity index (χ3n) is 9.85. The van der Waals surface area contributed by atoms with E-state index in [1.54, 1.807) is 28.9 Å². The normalized spacial score (nSPS) is 25.6. The van der Waals surface area contributed by atoms with Crippen molar-refractivity contribution >= 4 is 23.7 Å². The molecule has 4 rings (SSSR count). The fraction of sp³-hybridized carbons (Fsp3) is 0.622. The van der Waals surface area contributed by atoms with Crippen molar-refractivity contribution in [1.29, 1.82) is 0 Å². The summed E-state index contributed by atoms with van der Waals surface area (Å²) in [5.41, 5.74) is -0.395. The van der Waals surface area contributed by atoms with Gasteiger partial charge in [-0.1, -0.05) is 68.7 Å². The summed E-state index contributed by atoms with van der Waals surface area (Å²) in [7, 11) is 0. The van der Waals surface area contributed by atoms with Crippen molar-refractivity contribution in [2.45, 2.75) is 108 Å². The maximum Gasteiger partial charge on any atom is 0.313 e. The van der Waals surface area contributed by atoms with Gasteiger partial charge >= 0.3 is 5.97 Å². The molecule has 3 fully saturated rings. The van der Waals surface area contributed by atoms with Crippen molar-refractivity contribution < 1.29 is 33.8 Å². The summed E-state index contributed by atoms with van der Waals surface area (Å²) in [5, 5.41) is 12.2. The molecule has 3 aliphatic heterocycles. The van der Waals surface area contributed by atoms with E-state index in [9.17, 15) is 24.3 Å².